The van der Waals surface area contributed by atoms with E-state index in [1.807, 2.05) is 12.3 Å². The minimum Gasteiger partial charge on any atom is -0.306 e. The molecule has 3 aromatic rings. The van der Waals surface area contributed by atoms with Crippen molar-refractivity contribution in [2.24, 2.45) is 0 Å². The molecule has 4 heteroatoms. The third-order valence-corrected chi connectivity index (χ3v) is 4.85. The quantitative estimate of drug-likeness (QED) is 0.752. The summed E-state index contributed by atoms with van der Waals surface area (Å²) < 4.78 is 0. The summed E-state index contributed by atoms with van der Waals surface area (Å²) in [7, 11) is 0. The summed E-state index contributed by atoms with van der Waals surface area (Å²) in [5.74, 6) is 0. The summed E-state index contributed by atoms with van der Waals surface area (Å²) >= 11 is 3.56. The number of benzene rings is 1. The molecule has 2 heterocycles. The van der Waals surface area contributed by atoms with E-state index < -0.39 is 0 Å². The Morgan fingerprint density at radius 3 is 2.70 bits per heavy atom. The monoisotopic (exact) mass is 300 g/mol. The first-order valence-electron chi connectivity index (χ1n) is 6.56. The van der Waals surface area contributed by atoms with Gasteiger partial charge in [-0.2, -0.15) is 0 Å². The summed E-state index contributed by atoms with van der Waals surface area (Å²) in [6.07, 6.45) is 1.93. The number of aromatic nitrogens is 1. The maximum atomic E-state index is 4.36. The van der Waals surface area contributed by atoms with E-state index >= 15 is 0 Å². The number of thiazole rings is 1. The van der Waals surface area contributed by atoms with Crippen LogP contribution in [0.1, 0.15) is 14.8 Å². The molecule has 0 aliphatic heterocycles. The number of hydrogen-bond donors (Lipinski definition) is 1. The maximum Gasteiger partial charge on any atom is 0.107 e. The van der Waals surface area contributed by atoms with Crippen LogP contribution in [0.4, 0.5) is 0 Å². The highest BCUT2D eigenvalue weighted by Gasteiger charge is 2.03. The van der Waals surface area contributed by atoms with Crippen molar-refractivity contribution in [2.45, 2.75) is 20.0 Å². The number of nitrogens with one attached hydrogen (secondary N) is 1. The smallest absolute Gasteiger partial charge is 0.107 e. The van der Waals surface area contributed by atoms with E-state index in [1.165, 1.54) is 20.9 Å². The van der Waals surface area contributed by atoms with E-state index in [9.17, 15) is 0 Å². The van der Waals surface area contributed by atoms with E-state index in [0.717, 1.165) is 18.1 Å². The average Bonchev–Trinajstić information content (AvgIpc) is 3.09. The normalized spacial score (nSPS) is 10.8. The molecule has 20 heavy (non-hydrogen) atoms. The van der Waals surface area contributed by atoms with Crippen LogP contribution in [0.3, 0.4) is 0 Å². The van der Waals surface area contributed by atoms with Gasteiger partial charge in [0.15, 0.2) is 0 Å². The standard InChI is InChI=1S/C16H16N2S2/c1-12-8-18-16(20-12)10-17-9-15-7-14(11-19-15)13-5-3-2-4-6-13/h2-8,11,17H,9-10H2,1H3. The van der Waals surface area contributed by atoms with Crippen LogP contribution in [0.25, 0.3) is 11.1 Å². The van der Waals surface area contributed by atoms with Gasteiger partial charge in [0.25, 0.3) is 0 Å². The first-order valence-corrected chi connectivity index (χ1v) is 8.26. The molecule has 1 N–H and O–H groups in total. The highest BCUT2D eigenvalue weighted by Crippen LogP contribution is 2.25. The van der Waals surface area contributed by atoms with Crippen molar-refractivity contribution in [3.8, 4) is 11.1 Å². The summed E-state index contributed by atoms with van der Waals surface area (Å²) in [6, 6.07) is 12.8. The van der Waals surface area contributed by atoms with Crippen LogP contribution in [0, 0.1) is 6.92 Å². The molecule has 0 bridgehead atoms. The van der Waals surface area contributed by atoms with Crippen LogP contribution in [-0.2, 0) is 13.1 Å². The Kier molecular flexibility index (Phi) is 4.25. The second-order valence-electron chi connectivity index (χ2n) is 4.64. The van der Waals surface area contributed by atoms with E-state index in [4.69, 9.17) is 0 Å². The van der Waals surface area contributed by atoms with Gasteiger partial charge in [-0.15, -0.1) is 22.7 Å². The highest BCUT2D eigenvalue weighted by atomic mass is 32.1. The van der Waals surface area contributed by atoms with Gasteiger partial charge in [0.05, 0.1) is 0 Å². The lowest BCUT2D eigenvalue weighted by Crippen LogP contribution is -2.11. The van der Waals surface area contributed by atoms with Gasteiger partial charge in [0, 0.05) is 29.0 Å². The number of nitrogens with zero attached hydrogens (tertiary/aromatic N) is 1. The van der Waals surface area contributed by atoms with E-state index in [2.05, 4.69) is 52.9 Å². The SMILES string of the molecule is Cc1cnc(CNCc2cc(-c3ccccc3)cs2)s1. The zero-order valence-electron chi connectivity index (χ0n) is 11.3. The molecule has 0 aliphatic carbocycles. The predicted molar refractivity (Wildman–Crippen MR) is 87.1 cm³/mol. The lowest BCUT2D eigenvalue weighted by molar-refractivity contribution is 0.697. The van der Waals surface area contributed by atoms with E-state index in [0.29, 0.717) is 0 Å². The van der Waals surface area contributed by atoms with Crippen LogP contribution in [0.15, 0.2) is 48.0 Å². The van der Waals surface area contributed by atoms with Crippen molar-refractivity contribution < 1.29 is 0 Å². The zero-order chi connectivity index (χ0) is 13.8. The molecule has 2 aromatic heterocycles. The predicted octanol–water partition coefficient (Wildman–Crippen LogP) is 4.47. The van der Waals surface area contributed by atoms with Crippen molar-refractivity contribution in [3.05, 3.63) is 62.7 Å². The van der Waals surface area contributed by atoms with Crippen LogP contribution in [0.2, 0.25) is 0 Å². The van der Waals surface area contributed by atoms with Gasteiger partial charge in [0.1, 0.15) is 5.01 Å². The van der Waals surface area contributed by atoms with Crippen molar-refractivity contribution in [1.82, 2.24) is 10.3 Å². The van der Waals surface area contributed by atoms with Crippen LogP contribution < -0.4 is 5.32 Å². The molecule has 0 aliphatic rings. The topological polar surface area (TPSA) is 24.9 Å². The Morgan fingerprint density at radius 2 is 1.95 bits per heavy atom. The minimum absolute atomic E-state index is 0.844. The Hall–Kier alpha value is -1.49. The van der Waals surface area contributed by atoms with Crippen molar-refractivity contribution in [3.63, 3.8) is 0 Å². The largest absolute Gasteiger partial charge is 0.306 e. The van der Waals surface area contributed by atoms with Crippen LogP contribution in [-0.4, -0.2) is 4.98 Å². The highest BCUT2D eigenvalue weighted by molar-refractivity contribution is 7.11. The van der Waals surface area contributed by atoms with E-state index in [1.54, 1.807) is 22.7 Å². The van der Waals surface area contributed by atoms with Gasteiger partial charge in [-0.05, 0) is 29.5 Å². The molecule has 2 nitrogen and oxygen atoms in total. The maximum absolute atomic E-state index is 4.36. The average molecular weight is 300 g/mol. The molecule has 0 atom stereocenters. The Balaban J connectivity index is 1.58. The zero-order valence-corrected chi connectivity index (χ0v) is 12.9. The van der Waals surface area contributed by atoms with Gasteiger partial charge in [-0.25, -0.2) is 4.98 Å². The first-order chi connectivity index (χ1) is 9.81. The second kappa shape index (κ2) is 6.31. The molecule has 102 valence electrons. The van der Waals surface area contributed by atoms with Crippen LogP contribution >= 0.6 is 22.7 Å². The molecule has 1 aromatic carbocycles. The lowest BCUT2D eigenvalue weighted by Gasteiger charge is -1.99. The molecule has 0 saturated heterocycles. The molecule has 0 unspecified atom stereocenters. The molecular weight excluding hydrogens is 284 g/mol. The number of thiophene rings is 1. The summed E-state index contributed by atoms with van der Waals surface area (Å²) in [5.41, 5.74) is 2.59. The number of aryl methyl sites for hydroxylation is 1. The second-order valence-corrected chi connectivity index (χ2v) is 6.95. The third kappa shape index (κ3) is 3.33. The van der Waals surface area contributed by atoms with E-state index in [-0.39, 0.29) is 0 Å². The van der Waals surface area contributed by atoms with Crippen LogP contribution in [0.5, 0.6) is 0 Å². The lowest BCUT2D eigenvalue weighted by atomic mass is 10.1. The molecule has 0 radical (unpaired) electrons. The molecular formula is C16H16N2S2. The molecule has 0 amide bonds. The van der Waals surface area contributed by atoms with Gasteiger partial charge in [-0.3, -0.25) is 0 Å². The molecule has 0 spiro atoms. The van der Waals surface area contributed by atoms with Crippen molar-refractivity contribution in [2.75, 3.05) is 0 Å². The summed E-state index contributed by atoms with van der Waals surface area (Å²) in [4.78, 5) is 6.99. The third-order valence-electron chi connectivity index (χ3n) is 3.01. The summed E-state index contributed by atoms with van der Waals surface area (Å²) in [6.45, 7) is 3.83. The Bertz CT molecular complexity index is 671. The minimum atomic E-state index is 0.844. The fourth-order valence-corrected chi connectivity index (χ4v) is 3.65. The van der Waals surface area contributed by atoms with Gasteiger partial charge < -0.3 is 5.32 Å². The Labute approximate surface area is 127 Å². The molecule has 0 saturated carbocycles. The molecule has 0 fully saturated rings. The fourth-order valence-electron chi connectivity index (χ4n) is 2.03. The number of hydrogen-bond acceptors (Lipinski definition) is 4. The van der Waals surface area contributed by atoms with Gasteiger partial charge in [-0.1, -0.05) is 30.3 Å². The fraction of sp³-hybridized carbons (Fsp3) is 0.188. The summed E-state index contributed by atoms with van der Waals surface area (Å²) in [5, 5.41) is 6.83. The number of rotatable bonds is 5. The Morgan fingerprint density at radius 1 is 1.10 bits per heavy atom. The van der Waals surface area contributed by atoms with Crippen molar-refractivity contribution >= 4 is 22.7 Å². The van der Waals surface area contributed by atoms with Gasteiger partial charge >= 0.3 is 0 Å². The first kappa shape index (κ1) is 13.5. The molecule has 3 rings (SSSR count). The van der Waals surface area contributed by atoms with Gasteiger partial charge in [0.2, 0.25) is 0 Å². The van der Waals surface area contributed by atoms with Crippen molar-refractivity contribution in [1.29, 1.82) is 0 Å².